The number of aromatic amines is 1. The number of amides is 1. The molecule has 0 unspecified atom stereocenters. The van der Waals surface area contributed by atoms with Crippen LogP contribution in [0.25, 0.3) is 22.5 Å². The number of nitrogens with one attached hydrogen (secondary N) is 2. The molecule has 0 aliphatic rings. The summed E-state index contributed by atoms with van der Waals surface area (Å²) < 4.78 is 0. The Hall–Kier alpha value is -2.88. The second-order valence-electron chi connectivity index (χ2n) is 6.05. The third kappa shape index (κ3) is 4.35. The van der Waals surface area contributed by atoms with E-state index in [4.69, 9.17) is 0 Å². The average Bonchev–Trinajstić information content (AvgIpc) is 3.07. The maximum atomic E-state index is 12.1. The van der Waals surface area contributed by atoms with E-state index in [-0.39, 0.29) is 5.91 Å². The third-order valence-corrected chi connectivity index (χ3v) is 4.08. The number of imidazole rings is 1. The van der Waals surface area contributed by atoms with Crippen molar-refractivity contribution in [1.82, 2.24) is 9.97 Å². The van der Waals surface area contributed by atoms with Gasteiger partial charge >= 0.3 is 0 Å². The first kappa shape index (κ1) is 17.0. The fourth-order valence-electron chi connectivity index (χ4n) is 2.78. The molecule has 3 aromatic rings. The Balaban J connectivity index is 1.89. The summed E-state index contributed by atoms with van der Waals surface area (Å²) in [6.07, 6.45) is 3.59. The predicted octanol–water partition coefficient (Wildman–Crippen LogP) is 5.26. The SMILES string of the molecule is CCCCCC(=O)Nc1nc(-c2ccccc2)c(-c2ccccc2)[nH]1. The first-order valence-corrected chi connectivity index (χ1v) is 8.78. The van der Waals surface area contributed by atoms with Crippen molar-refractivity contribution in [2.45, 2.75) is 32.6 Å². The summed E-state index contributed by atoms with van der Waals surface area (Å²) >= 11 is 0. The smallest absolute Gasteiger partial charge is 0.226 e. The van der Waals surface area contributed by atoms with Crippen LogP contribution < -0.4 is 5.32 Å². The molecular formula is C21H23N3O. The Morgan fingerprint density at radius 1 is 0.960 bits per heavy atom. The fourth-order valence-corrected chi connectivity index (χ4v) is 2.78. The topological polar surface area (TPSA) is 57.8 Å². The predicted molar refractivity (Wildman–Crippen MR) is 102 cm³/mol. The molecule has 4 heteroatoms. The summed E-state index contributed by atoms with van der Waals surface area (Å²) in [5.74, 6) is 0.501. The van der Waals surface area contributed by atoms with E-state index in [1.165, 1.54) is 0 Å². The van der Waals surface area contributed by atoms with Gasteiger partial charge in [-0.25, -0.2) is 4.98 Å². The van der Waals surface area contributed by atoms with Crippen molar-refractivity contribution in [3.63, 3.8) is 0 Å². The quantitative estimate of drug-likeness (QED) is 0.579. The zero-order valence-corrected chi connectivity index (χ0v) is 14.5. The number of H-pyrrole nitrogens is 1. The monoisotopic (exact) mass is 333 g/mol. The van der Waals surface area contributed by atoms with Gasteiger partial charge in [0.2, 0.25) is 11.9 Å². The van der Waals surface area contributed by atoms with E-state index in [0.29, 0.717) is 12.4 Å². The first-order chi connectivity index (χ1) is 12.3. The number of aromatic nitrogens is 2. The van der Waals surface area contributed by atoms with Crippen LogP contribution in [0.3, 0.4) is 0 Å². The minimum Gasteiger partial charge on any atom is -0.323 e. The molecule has 1 aromatic heterocycles. The lowest BCUT2D eigenvalue weighted by molar-refractivity contribution is -0.116. The van der Waals surface area contributed by atoms with E-state index in [1.807, 2.05) is 60.7 Å². The van der Waals surface area contributed by atoms with Crippen LogP contribution in [0.4, 0.5) is 5.95 Å². The number of rotatable bonds is 7. The highest BCUT2D eigenvalue weighted by atomic mass is 16.1. The van der Waals surface area contributed by atoms with Crippen LogP contribution in [0, 0.1) is 0 Å². The molecule has 25 heavy (non-hydrogen) atoms. The molecule has 0 radical (unpaired) electrons. The van der Waals surface area contributed by atoms with Crippen LogP contribution in [-0.2, 0) is 4.79 Å². The summed E-state index contributed by atoms with van der Waals surface area (Å²) in [4.78, 5) is 20.0. The maximum absolute atomic E-state index is 12.1. The summed E-state index contributed by atoms with van der Waals surface area (Å²) in [6, 6.07) is 20.0. The molecule has 0 saturated carbocycles. The molecule has 1 amide bonds. The number of anilines is 1. The molecule has 0 bridgehead atoms. The molecule has 0 fully saturated rings. The molecule has 0 saturated heterocycles. The first-order valence-electron chi connectivity index (χ1n) is 8.78. The summed E-state index contributed by atoms with van der Waals surface area (Å²) in [5.41, 5.74) is 3.82. The van der Waals surface area contributed by atoms with Crippen molar-refractivity contribution in [2.75, 3.05) is 5.32 Å². The molecule has 0 aliphatic carbocycles. The van der Waals surface area contributed by atoms with Crippen LogP contribution in [0.1, 0.15) is 32.6 Å². The Morgan fingerprint density at radius 3 is 2.24 bits per heavy atom. The van der Waals surface area contributed by atoms with Crippen LogP contribution >= 0.6 is 0 Å². The molecule has 4 nitrogen and oxygen atoms in total. The van der Waals surface area contributed by atoms with Gasteiger partial charge in [-0.1, -0.05) is 80.4 Å². The number of carbonyl (C=O) groups is 1. The van der Waals surface area contributed by atoms with Gasteiger partial charge in [0.05, 0.1) is 11.4 Å². The van der Waals surface area contributed by atoms with Crippen molar-refractivity contribution in [2.24, 2.45) is 0 Å². The lowest BCUT2D eigenvalue weighted by Crippen LogP contribution is -2.12. The van der Waals surface area contributed by atoms with Gasteiger partial charge in [-0.3, -0.25) is 10.1 Å². The highest BCUT2D eigenvalue weighted by Crippen LogP contribution is 2.31. The lowest BCUT2D eigenvalue weighted by Gasteiger charge is -2.02. The molecule has 128 valence electrons. The summed E-state index contributed by atoms with van der Waals surface area (Å²) in [6.45, 7) is 2.13. The van der Waals surface area contributed by atoms with Crippen molar-refractivity contribution in [1.29, 1.82) is 0 Å². The number of benzene rings is 2. The maximum Gasteiger partial charge on any atom is 0.226 e. The molecule has 2 N–H and O–H groups in total. The number of nitrogens with zero attached hydrogens (tertiary/aromatic N) is 1. The summed E-state index contributed by atoms with van der Waals surface area (Å²) in [5, 5.41) is 2.90. The molecule has 0 aliphatic heterocycles. The Kier molecular flexibility index (Phi) is 5.62. The number of hydrogen-bond acceptors (Lipinski definition) is 2. The summed E-state index contributed by atoms with van der Waals surface area (Å²) in [7, 11) is 0. The zero-order valence-electron chi connectivity index (χ0n) is 14.5. The van der Waals surface area contributed by atoms with E-state index >= 15 is 0 Å². The Bertz CT molecular complexity index is 753. The van der Waals surface area contributed by atoms with Crippen LogP contribution in [0.2, 0.25) is 0 Å². The highest BCUT2D eigenvalue weighted by Gasteiger charge is 2.15. The van der Waals surface area contributed by atoms with Gasteiger partial charge in [0.25, 0.3) is 0 Å². The van der Waals surface area contributed by atoms with Crippen LogP contribution in [0.5, 0.6) is 0 Å². The minimum atomic E-state index is 0.00132. The van der Waals surface area contributed by atoms with E-state index < -0.39 is 0 Å². The second kappa shape index (κ2) is 8.29. The van der Waals surface area contributed by atoms with Crippen molar-refractivity contribution in [3.05, 3.63) is 60.7 Å². The van der Waals surface area contributed by atoms with E-state index in [2.05, 4.69) is 22.2 Å². The van der Waals surface area contributed by atoms with Gasteiger partial charge in [-0.05, 0) is 6.42 Å². The van der Waals surface area contributed by atoms with Gasteiger partial charge in [-0.2, -0.15) is 0 Å². The molecule has 2 aromatic carbocycles. The van der Waals surface area contributed by atoms with Gasteiger partial charge < -0.3 is 4.98 Å². The molecule has 0 atom stereocenters. The Morgan fingerprint density at radius 2 is 1.60 bits per heavy atom. The third-order valence-electron chi connectivity index (χ3n) is 4.08. The lowest BCUT2D eigenvalue weighted by atomic mass is 10.1. The van der Waals surface area contributed by atoms with Crippen molar-refractivity contribution >= 4 is 11.9 Å². The van der Waals surface area contributed by atoms with Gasteiger partial charge in [0, 0.05) is 17.5 Å². The second-order valence-corrected chi connectivity index (χ2v) is 6.05. The molecule has 1 heterocycles. The van der Waals surface area contributed by atoms with Crippen molar-refractivity contribution < 1.29 is 4.79 Å². The number of carbonyl (C=O) groups excluding carboxylic acids is 1. The minimum absolute atomic E-state index is 0.00132. The van der Waals surface area contributed by atoms with Crippen molar-refractivity contribution in [3.8, 4) is 22.5 Å². The normalized spacial score (nSPS) is 10.6. The van der Waals surface area contributed by atoms with E-state index in [9.17, 15) is 4.79 Å². The average molecular weight is 333 g/mol. The van der Waals surface area contributed by atoms with Gasteiger partial charge in [-0.15, -0.1) is 0 Å². The molecular weight excluding hydrogens is 310 g/mol. The van der Waals surface area contributed by atoms with Crippen LogP contribution in [0.15, 0.2) is 60.7 Å². The number of unbranched alkanes of at least 4 members (excludes halogenated alkanes) is 2. The van der Waals surface area contributed by atoms with Gasteiger partial charge in [0.1, 0.15) is 0 Å². The molecule has 0 spiro atoms. The largest absolute Gasteiger partial charge is 0.323 e. The highest BCUT2D eigenvalue weighted by molar-refractivity contribution is 5.90. The van der Waals surface area contributed by atoms with E-state index in [0.717, 1.165) is 41.8 Å². The van der Waals surface area contributed by atoms with Crippen LogP contribution in [-0.4, -0.2) is 15.9 Å². The fraction of sp³-hybridized carbons (Fsp3) is 0.238. The van der Waals surface area contributed by atoms with Gasteiger partial charge in [0.15, 0.2) is 0 Å². The Labute approximate surface area is 148 Å². The zero-order chi connectivity index (χ0) is 17.5. The molecule has 3 rings (SSSR count). The standard InChI is InChI=1S/C21H23N3O/c1-2-3-6-15-18(25)22-21-23-19(16-11-7-4-8-12-16)20(24-21)17-13-9-5-10-14-17/h4-5,7-14H,2-3,6,15H2,1H3,(H2,22,23,24,25). The number of hydrogen-bond donors (Lipinski definition) is 2. The van der Waals surface area contributed by atoms with E-state index in [1.54, 1.807) is 0 Å².